The summed E-state index contributed by atoms with van der Waals surface area (Å²) in [5.41, 5.74) is 1.26. The van der Waals surface area contributed by atoms with Gasteiger partial charge in [0.1, 0.15) is 17.9 Å². The van der Waals surface area contributed by atoms with E-state index < -0.39 is 0 Å². The maximum atomic E-state index is 12.7. The first kappa shape index (κ1) is 14.4. The average molecular weight is 303 g/mol. The van der Waals surface area contributed by atoms with E-state index in [0.717, 1.165) is 31.6 Å². The van der Waals surface area contributed by atoms with E-state index in [4.69, 9.17) is 0 Å². The van der Waals surface area contributed by atoms with Gasteiger partial charge in [0, 0.05) is 17.3 Å². The number of hydrogen-bond donors (Lipinski definition) is 0. The minimum absolute atomic E-state index is 0.0594. The molecule has 1 unspecified atom stereocenters. The summed E-state index contributed by atoms with van der Waals surface area (Å²) in [4.78, 5) is 18.4. The van der Waals surface area contributed by atoms with E-state index in [1.54, 1.807) is 17.7 Å². The summed E-state index contributed by atoms with van der Waals surface area (Å²) in [5, 5.41) is 6.35. The molecule has 0 saturated carbocycles. The second kappa shape index (κ2) is 6.10. The van der Waals surface area contributed by atoms with Gasteiger partial charge in [0.05, 0.1) is 6.42 Å². The molecule has 5 heteroatoms. The zero-order chi connectivity index (χ0) is 14.8. The van der Waals surface area contributed by atoms with Gasteiger partial charge in [0.2, 0.25) is 0 Å². The number of ketones is 1. The Balaban J connectivity index is 1.75. The first-order chi connectivity index (χ1) is 10.1. The molecule has 0 radical (unpaired) electrons. The van der Waals surface area contributed by atoms with Gasteiger partial charge in [-0.25, -0.2) is 9.67 Å². The van der Waals surface area contributed by atoms with Crippen LogP contribution in [0.15, 0.2) is 17.8 Å². The number of thiophene rings is 1. The third-order valence-electron chi connectivity index (χ3n) is 4.01. The Labute approximate surface area is 129 Å². The standard InChI is InChI=1S/C16H21N3OS/c1-11(2)9-19-16(17-10-18-19)8-14(20)12-4-3-5-15-13(12)6-7-21-15/h6-7,10-12H,3-5,8-9H2,1-2H3. The van der Waals surface area contributed by atoms with Gasteiger partial charge in [-0.05, 0) is 42.2 Å². The Bertz CT molecular complexity index is 629. The largest absolute Gasteiger partial charge is 0.299 e. The Morgan fingerprint density at radius 3 is 3.19 bits per heavy atom. The Kier molecular flexibility index (Phi) is 4.19. The van der Waals surface area contributed by atoms with Crippen molar-refractivity contribution in [2.24, 2.45) is 5.92 Å². The lowest BCUT2D eigenvalue weighted by molar-refractivity contribution is -0.120. The lowest BCUT2D eigenvalue weighted by atomic mass is 9.84. The molecule has 0 fully saturated rings. The number of Topliss-reactive ketones (excluding diaryl/α,β-unsaturated/α-hetero) is 1. The highest BCUT2D eigenvalue weighted by atomic mass is 32.1. The number of aryl methyl sites for hydroxylation is 1. The van der Waals surface area contributed by atoms with Crippen LogP contribution in [0.5, 0.6) is 0 Å². The number of nitrogens with zero attached hydrogens (tertiary/aromatic N) is 3. The highest BCUT2D eigenvalue weighted by Gasteiger charge is 2.28. The predicted molar refractivity (Wildman–Crippen MR) is 83.6 cm³/mol. The lowest BCUT2D eigenvalue weighted by Crippen LogP contribution is -2.21. The molecule has 2 aromatic rings. The monoisotopic (exact) mass is 303 g/mol. The minimum atomic E-state index is 0.0594. The van der Waals surface area contributed by atoms with E-state index in [0.29, 0.717) is 12.3 Å². The van der Waals surface area contributed by atoms with E-state index in [9.17, 15) is 4.79 Å². The van der Waals surface area contributed by atoms with Crippen LogP contribution in [-0.2, 0) is 24.2 Å². The predicted octanol–water partition coefficient (Wildman–Crippen LogP) is 3.23. The maximum Gasteiger partial charge on any atom is 0.147 e. The molecule has 1 aliphatic rings. The van der Waals surface area contributed by atoms with Crippen molar-refractivity contribution >= 4 is 17.1 Å². The molecule has 1 atom stereocenters. The summed E-state index contributed by atoms with van der Waals surface area (Å²) >= 11 is 1.78. The molecule has 0 aromatic carbocycles. The van der Waals surface area contributed by atoms with Crippen LogP contribution in [-0.4, -0.2) is 20.5 Å². The molecular formula is C16H21N3OS. The number of hydrogen-bond acceptors (Lipinski definition) is 4. The SMILES string of the molecule is CC(C)Cn1ncnc1CC(=O)C1CCCc2sccc21. The van der Waals surface area contributed by atoms with Gasteiger partial charge in [-0.3, -0.25) is 4.79 Å². The molecule has 112 valence electrons. The van der Waals surface area contributed by atoms with Gasteiger partial charge in [0.25, 0.3) is 0 Å². The highest BCUT2D eigenvalue weighted by Crippen LogP contribution is 2.35. The second-order valence-electron chi connectivity index (χ2n) is 6.14. The molecule has 2 heterocycles. The molecule has 0 bridgehead atoms. The Morgan fingerprint density at radius 2 is 2.38 bits per heavy atom. The molecule has 1 aliphatic carbocycles. The molecule has 0 spiro atoms. The molecule has 3 rings (SSSR count). The smallest absolute Gasteiger partial charge is 0.147 e. The lowest BCUT2D eigenvalue weighted by Gasteiger charge is -2.21. The van der Waals surface area contributed by atoms with Crippen molar-refractivity contribution < 1.29 is 4.79 Å². The van der Waals surface area contributed by atoms with Gasteiger partial charge < -0.3 is 0 Å². The summed E-state index contributed by atoms with van der Waals surface area (Å²) in [6, 6.07) is 2.13. The molecule has 0 saturated heterocycles. The second-order valence-corrected chi connectivity index (χ2v) is 7.14. The fourth-order valence-electron chi connectivity index (χ4n) is 3.02. The number of aromatic nitrogens is 3. The van der Waals surface area contributed by atoms with E-state index in [1.165, 1.54) is 10.4 Å². The van der Waals surface area contributed by atoms with Crippen LogP contribution in [0.25, 0.3) is 0 Å². The zero-order valence-corrected chi connectivity index (χ0v) is 13.4. The third-order valence-corrected chi connectivity index (χ3v) is 5.00. The minimum Gasteiger partial charge on any atom is -0.299 e. The first-order valence-corrected chi connectivity index (χ1v) is 8.48. The number of rotatable bonds is 5. The van der Waals surface area contributed by atoms with Crippen LogP contribution in [0, 0.1) is 5.92 Å². The van der Waals surface area contributed by atoms with Gasteiger partial charge in [-0.15, -0.1) is 11.3 Å². The maximum absolute atomic E-state index is 12.7. The number of fused-ring (bicyclic) bond motifs is 1. The summed E-state index contributed by atoms with van der Waals surface area (Å²) in [6.45, 7) is 5.11. The summed E-state index contributed by atoms with van der Waals surface area (Å²) in [6.07, 6.45) is 5.17. The van der Waals surface area contributed by atoms with Crippen molar-refractivity contribution in [3.05, 3.63) is 34.0 Å². The topological polar surface area (TPSA) is 47.8 Å². The van der Waals surface area contributed by atoms with Gasteiger partial charge >= 0.3 is 0 Å². The van der Waals surface area contributed by atoms with Gasteiger partial charge in [-0.2, -0.15) is 5.10 Å². The molecular weight excluding hydrogens is 282 g/mol. The van der Waals surface area contributed by atoms with Crippen LogP contribution >= 0.6 is 11.3 Å². The summed E-state index contributed by atoms with van der Waals surface area (Å²) < 4.78 is 1.87. The van der Waals surface area contributed by atoms with E-state index in [1.807, 2.05) is 4.68 Å². The van der Waals surface area contributed by atoms with Crippen LogP contribution in [0.1, 0.15) is 48.9 Å². The fourth-order valence-corrected chi connectivity index (χ4v) is 4.01. The van der Waals surface area contributed by atoms with Crippen molar-refractivity contribution in [3.8, 4) is 0 Å². The van der Waals surface area contributed by atoms with Crippen molar-refractivity contribution in [2.45, 2.75) is 52.0 Å². The van der Waals surface area contributed by atoms with E-state index in [-0.39, 0.29) is 11.7 Å². The summed E-state index contributed by atoms with van der Waals surface area (Å²) in [5.74, 6) is 1.64. The average Bonchev–Trinajstić information content (AvgIpc) is 3.07. The van der Waals surface area contributed by atoms with Crippen LogP contribution in [0.2, 0.25) is 0 Å². The quantitative estimate of drug-likeness (QED) is 0.852. The Morgan fingerprint density at radius 1 is 1.52 bits per heavy atom. The molecule has 0 amide bonds. The first-order valence-electron chi connectivity index (χ1n) is 7.61. The number of carbonyl (C=O) groups excluding carboxylic acids is 1. The van der Waals surface area contributed by atoms with Gasteiger partial charge in [-0.1, -0.05) is 13.8 Å². The van der Waals surface area contributed by atoms with Crippen LogP contribution < -0.4 is 0 Å². The van der Waals surface area contributed by atoms with E-state index >= 15 is 0 Å². The van der Waals surface area contributed by atoms with Gasteiger partial charge in [0.15, 0.2) is 0 Å². The fraction of sp³-hybridized carbons (Fsp3) is 0.562. The Hall–Kier alpha value is -1.49. The van der Waals surface area contributed by atoms with Crippen molar-refractivity contribution in [3.63, 3.8) is 0 Å². The molecule has 0 N–H and O–H groups in total. The summed E-state index contributed by atoms with van der Waals surface area (Å²) in [7, 11) is 0. The molecule has 4 nitrogen and oxygen atoms in total. The highest BCUT2D eigenvalue weighted by molar-refractivity contribution is 7.10. The zero-order valence-electron chi connectivity index (χ0n) is 12.6. The van der Waals surface area contributed by atoms with Crippen molar-refractivity contribution in [2.75, 3.05) is 0 Å². The normalized spacial score (nSPS) is 18.0. The third kappa shape index (κ3) is 3.07. The van der Waals surface area contributed by atoms with Crippen molar-refractivity contribution in [1.29, 1.82) is 0 Å². The molecule has 0 aliphatic heterocycles. The van der Waals surface area contributed by atoms with Crippen LogP contribution in [0.3, 0.4) is 0 Å². The van der Waals surface area contributed by atoms with E-state index in [2.05, 4.69) is 35.4 Å². The van der Waals surface area contributed by atoms with Crippen LogP contribution in [0.4, 0.5) is 0 Å². The molecule has 2 aromatic heterocycles. The molecule has 21 heavy (non-hydrogen) atoms. The number of carbonyl (C=O) groups is 1. The van der Waals surface area contributed by atoms with Crippen molar-refractivity contribution in [1.82, 2.24) is 14.8 Å².